The number of nitrogens with zero attached hydrogens (tertiary/aromatic N) is 4. The van der Waals surface area contributed by atoms with Crippen LogP contribution in [0.4, 0.5) is 4.39 Å². The highest BCUT2D eigenvalue weighted by molar-refractivity contribution is 5.78. The predicted molar refractivity (Wildman–Crippen MR) is 137 cm³/mol. The van der Waals surface area contributed by atoms with Crippen molar-refractivity contribution in [3.63, 3.8) is 0 Å². The SMILES string of the molecule is Cc1c(CN2CC(=O)N(CC(C)C)C[C@@H](OCc3cccc(F)c3)C2)c(=O)n(-c2ccccc2)n1C. The third-order valence-electron chi connectivity index (χ3n) is 6.61. The minimum absolute atomic E-state index is 0.0255. The van der Waals surface area contributed by atoms with Gasteiger partial charge < -0.3 is 9.64 Å². The van der Waals surface area contributed by atoms with E-state index in [4.69, 9.17) is 4.74 Å². The van der Waals surface area contributed by atoms with Crippen molar-refractivity contribution in [2.45, 2.75) is 40.0 Å². The number of benzene rings is 2. The second-order valence-corrected chi connectivity index (χ2v) is 9.97. The van der Waals surface area contributed by atoms with Gasteiger partial charge in [-0.1, -0.05) is 44.2 Å². The lowest BCUT2D eigenvalue weighted by Gasteiger charge is -2.26. The molecule has 0 aliphatic carbocycles. The molecule has 2 heterocycles. The van der Waals surface area contributed by atoms with Gasteiger partial charge in [0.1, 0.15) is 5.82 Å². The molecule has 1 aliphatic rings. The fraction of sp³-hybridized carbons (Fsp3) is 0.429. The van der Waals surface area contributed by atoms with Crippen LogP contribution in [0.1, 0.15) is 30.7 Å². The molecule has 1 amide bonds. The highest BCUT2D eigenvalue weighted by Crippen LogP contribution is 2.17. The number of carbonyl (C=O) groups excluding carboxylic acids is 1. The summed E-state index contributed by atoms with van der Waals surface area (Å²) in [6.07, 6.45) is -0.265. The van der Waals surface area contributed by atoms with E-state index in [2.05, 4.69) is 13.8 Å². The summed E-state index contributed by atoms with van der Waals surface area (Å²) in [5, 5.41) is 0. The topological polar surface area (TPSA) is 59.7 Å². The zero-order valence-corrected chi connectivity index (χ0v) is 21.5. The molecule has 1 fully saturated rings. The Morgan fingerprint density at radius 2 is 1.81 bits per heavy atom. The van der Waals surface area contributed by atoms with Crippen LogP contribution in [-0.4, -0.2) is 57.4 Å². The molecule has 0 N–H and O–H groups in total. The van der Waals surface area contributed by atoms with Gasteiger partial charge in [0.15, 0.2) is 0 Å². The summed E-state index contributed by atoms with van der Waals surface area (Å²) in [5.74, 6) is 0.0424. The van der Waals surface area contributed by atoms with Gasteiger partial charge in [0.2, 0.25) is 5.91 Å². The second-order valence-electron chi connectivity index (χ2n) is 9.97. The molecule has 8 heteroatoms. The average molecular weight is 495 g/mol. The molecule has 1 aromatic heterocycles. The molecule has 0 spiro atoms. The lowest BCUT2D eigenvalue weighted by molar-refractivity contribution is -0.132. The lowest BCUT2D eigenvalue weighted by atomic mass is 10.2. The third kappa shape index (κ3) is 5.94. The number of hydrogen-bond donors (Lipinski definition) is 0. The van der Waals surface area contributed by atoms with Gasteiger partial charge in [-0.3, -0.25) is 19.2 Å². The average Bonchev–Trinajstić information content (AvgIpc) is 2.95. The largest absolute Gasteiger partial charge is 0.370 e. The van der Waals surface area contributed by atoms with Gasteiger partial charge >= 0.3 is 0 Å². The highest BCUT2D eigenvalue weighted by atomic mass is 19.1. The summed E-state index contributed by atoms with van der Waals surface area (Å²) >= 11 is 0. The van der Waals surface area contributed by atoms with Crippen LogP contribution in [0.2, 0.25) is 0 Å². The lowest BCUT2D eigenvalue weighted by Crippen LogP contribution is -2.40. The number of ether oxygens (including phenoxy) is 1. The van der Waals surface area contributed by atoms with Gasteiger partial charge in [-0.2, -0.15) is 0 Å². The summed E-state index contributed by atoms with van der Waals surface area (Å²) in [7, 11) is 1.87. The zero-order chi connectivity index (χ0) is 25.8. The first-order chi connectivity index (χ1) is 17.2. The number of para-hydroxylation sites is 1. The highest BCUT2D eigenvalue weighted by Gasteiger charge is 2.30. The fourth-order valence-corrected chi connectivity index (χ4v) is 4.76. The Bertz CT molecular complexity index is 1250. The maximum atomic E-state index is 13.6. The van der Waals surface area contributed by atoms with Crippen LogP contribution in [0.3, 0.4) is 0 Å². The minimum atomic E-state index is -0.301. The van der Waals surface area contributed by atoms with E-state index in [1.807, 2.05) is 64.9 Å². The fourth-order valence-electron chi connectivity index (χ4n) is 4.76. The summed E-state index contributed by atoms with van der Waals surface area (Å²) in [5.41, 5.74) is 2.98. The van der Waals surface area contributed by atoms with E-state index in [0.29, 0.717) is 37.7 Å². The van der Waals surface area contributed by atoms with Crippen molar-refractivity contribution >= 4 is 5.91 Å². The van der Waals surface area contributed by atoms with Crippen molar-refractivity contribution in [3.05, 3.63) is 87.6 Å². The number of carbonyl (C=O) groups is 1. The summed E-state index contributed by atoms with van der Waals surface area (Å²) < 4.78 is 23.4. The Balaban J connectivity index is 1.57. The molecule has 7 nitrogen and oxygen atoms in total. The Labute approximate surface area is 211 Å². The monoisotopic (exact) mass is 494 g/mol. The molecule has 4 rings (SSSR count). The molecular weight excluding hydrogens is 459 g/mol. The number of hydrogen-bond acceptors (Lipinski definition) is 4. The van der Waals surface area contributed by atoms with E-state index >= 15 is 0 Å². The number of rotatable bonds is 8. The van der Waals surface area contributed by atoms with Crippen LogP contribution in [0.25, 0.3) is 5.69 Å². The Kier molecular flexibility index (Phi) is 8.06. The molecule has 1 atom stereocenters. The van der Waals surface area contributed by atoms with E-state index in [-0.39, 0.29) is 36.5 Å². The van der Waals surface area contributed by atoms with E-state index in [0.717, 1.165) is 16.9 Å². The Morgan fingerprint density at radius 3 is 2.50 bits per heavy atom. The van der Waals surface area contributed by atoms with Crippen molar-refractivity contribution in [1.82, 2.24) is 19.2 Å². The van der Waals surface area contributed by atoms with Crippen molar-refractivity contribution in [2.24, 2.45) is 13.0 Å². The van der Waals surface area contributed by atoms with Crippen molar-refractivity contribution in [3.8, 4) is 5.69 Å². The maximum absolute atomic E-state index is 13.6. The molecule has 0 bridgehead atoms. The van der Waals surface area contributed by atoms with Crippen LogP contribution in [0.15, 0.2) is 59.4 Å². The summed E-state index contributed by atoms with van der Waals surface area (Å²) in [6.45, 7) is 8.50. The van der Waals surface area contributed by atoms with E-state index in [1.54, 1.807) is 10.7 Å². The van der Waals surface area contributed by atoms with Crippen molar-refractivity contribution in [2.75, 3.05) is 26.2 Å². The first-order valence-corrected chi connectivity index (χ1v) is 12.4. The first kappa shape index (κ1) is 25.9. The van der Waals surface area contributed by atoms with Gasteiger partial charge in [-0.15, -0.1) is 0 Å². The molecule has 3 aromatic rings. The van der Waals surface area contributed by atoms with Gasteiger partial charge in [-0.05, 0) is 42.7 Å². The normalized spacial score (nSPS) is 17.1. The van der Waals surface area contributed by atoms with Crippen LogP contribution in [0, 0.1) is 18.7 Å². The predicted octanol–water partition coefficient (Wildman–Crippen LogP) is 3.51. The Morgan fingerprint density at radius 1 is 1.06 bits per heavy atom. The number of aromatic nitrogens is 2. The quantitative estimate of drug-likeness (QED) is 0.481. The number of amides is 1. The molecule has 0 unspecified atom stereocenters. The van der Waals surface area contributed by atoms with E-state index < -0.39 is 0 Å². The molecule has 2 aromatic carbocycles. The van der Waals surface area contributed by atoms with Gasteiger partial charge in [0, 0.05) is 38.9 Å². The summed E-state index contributed by atoms with van der Waals surface area (Å²) in [6, 6.07) is 15.9. The van der Waals surface area contributed by atoms with Crippen molar-refractivity contribution < 1.29 is 13.9 Å². The Hall–Kier alpha value is -3.23. The molecular formula is C28H35FN4O3. The smallest absolute Gasteiger partial charge is 0.276 e. The van der Waals surface area contributed by atoms with Crippen LogP contribution >= 0.6 is 0 Å². The van der Waals surface area contributed by atoms with Gasteiger partial charge in [0.25, 0.3) is 5.56 Å². The molecule has 1 saturated heterocycles. The second kappa shape index (κ2) is 11.2. The maximum Gasteiger partial charge on any atom is 0.276 e. The summed E-state index contributed by atoms with van der Waals surface area (Å²) in [4.78, 5) is 30.5. The minimum Gasteiger partial charge on any atom is -0.370 e. The van der Waals surface area contributed by atoms with Crippen LogP contribution in [0.5, 0.6) is 0 Å². The standard InChI is InChI=1S/C28H35FN4O3/c1-20(2)14-32-16-25(36-19-22-9-8-10-23(29)13-22)15-31(18-27(32)34)17-26-21(3)30(4)33(28(26)35)24-11-6-5-7-12-24/h5-13,20,25H,14-19H2,1-4H3/t25-/m0/s1. The number of halogens is 1. The molecule has 0 radical (unpaired) electrons. The zero-order valence-electron chi connectivity index (χ0n) is 21.5. The van der Waals surface area contributed by atoms with Crippen molar-refractivity contribution in [1.29, 1.82) is 0 Å². The first-order valence-electron chi connectivity index (χ1n) is 12.4. The van der Waals surface area contributed by atoms with E-state index in [9.17, 15) is 14.0 Å². The van der Waals surface area contributed by atoms with Gasteiger partial charge in [-0.25, -0.2) is 9.07 Å². The molecule has 36 heavy (non-hydrogen) atoms. The van der Waals surface area contributed by atoms with E-state index in [1.165, 1.54) is 12.1 Å². The molecule has 1 aliphatic heterocycles. The third-order valence-corrected chi connectivity index (χ3v) is 6.61. The molecule has 192 valence electrons. The van der Waals surface area contributed by atoms with Crippen LogP contribution < -0.4 is 5.56 Å². The van der Waals surface area contributed by atoms with Crippen LogP contribution in [-0.2, 0) is 29.7 Å². The molecule has 0 saturated carbocycles. The van der Waals surface area contributed by atoms with Gasteiger partial charge in [0.05, 0.1) is 30.5 Å².